The summed E-state index contributed by atoms with van der Waals surface area (Å²) in [7, 11) is 0. The first kappa shape index (κ1) is 10.7. The second-order valence-corrected chi connectivity index (χ2v) is 3.24. The predicted molar refractivity (Wildman–Crippen MR) is 40.1 cm³/mol. The van der Waals surface area contributed by atoms with Gasteiger partial charge >= 0.3 is 5.97 Å². The summed E-state index contributed by atoms with van der Waals surface area (Å²) in [5.74, 6) is -1.51. The molecule has 0 amide bonds. The van der Waals surface area contributed by atoms with Gasteiger partial charge in [-0.3, -0.25) is 4.79 Å². The van der Waals surface area contributed by atoms with Crippen LogP contribution in [0.5, 0.6) is 0 Å². The standard InChI is InChI=1S/C6H10F2O2S/c1-4(6(9)10)2-11-3-5(7)8/h4-5H,2-3H2,1H3,(H,9,10). The number of halogens is 2. The fourth-order valence-corrected chi connectivity index (χ4v) is 1.22. The van der Waals surface area contributed by atoms with Crippen molar-refractivity contribution in [3.05, 3.63) is 0 Å². The van der Waals surface area contributed by atoms with E-state index in [0.717, 1.165) is 11.8 Å². The van der Waals surface area contributed by atoms with Crippen molar-refractivity contribution in [2.24, 2.45) is 5.92 Å². The van der Waals surface area contributed by atoms with Crippen LogP contribution in [0.1, 0.15) is 6.92 Å². The average Bonchev–Trinajstić information content (AvgIpc) is 1.86. The van der Waals surface area contributed by atoms with E-state index < -0.39 is 18.3 Å². The largest absolute Gasteiger partial charge is 0.481 e. The van der Waals surface area contributed by atoms with E-state index in [1.54, 1.807) is 0 Å². The van der Waals surface area contributed by atoms with Gasteiger partial charge in [-0.25, -0.2) is 8.78 Å². The Kier molecular flexibility index (Phi) is 5.19. The Morgan fingerprint density at radius 1 is 1.55 bits per heavy atom. The summed E-state index contributed by atoms with van der Waals surface area (Å²) in [4.78, 5) is 10.2. The lowest BCUT2D eigenvalue weighted by molar-refractivity contribution is -0.140. The second-order valence-electron chi connectivity index (χ2n) is 2.17. The molecule has 1 atom stereocenters. The number of carboxylic acids is 1. The highest BCUT2D eigenvalue weighted by Crippen LogP contribution is 2.11. The van der Waals surface area contributed by atoms with Crippen molar-refractivity contribution >= 4 is 17.7 Å². The van der Waals surface area contributed by atoms with Crippen molar-refractivity contribution in [2.75, 3.05) is 11.5 Å². The van der Waals surface area contributed by atoms with Gasteiger partial charge in [0.1, 0.15) is 0 Å². The first-order valence-corrected chi connectivity index (χ1v) is 4.28. The molecule has 0 aromatic carbocycles. The number of carboxylic acid groups (broad SMARTS) is 1. The molecule has 66 valence electrons. The van der Waals surface area contributed by atoms with E-state index in [4.69, 9.17) is 5.11 Å². The lowest BCUT2D eigenvalue weighted by Crippen LogP contribution is -2.12. The fraction of sp³-hybridized carbons (Fsp3) is 0.833. The summed E-state index contributed by atoms with van der Waals surface area (Å²) in [5.41, 5.74) is 0. The second kappa shape index (κ2) is 5.35. The quantitative estimate of drug-likeness (QED) is 0.706. The third-order valence-electron chi connectivity index (χ3n) is 1.03. The van der Waals surface area contributed by atoms with Gasteiger partial charge in [0.05, 0.1) is 11.7 Å². The van der Waals surface area contributed by atoms with Crippen molar-refractivity contribution in [3.63, 3.8) is 0 Å². The highest BCUT2D eigenvalue weighted by atomic mass is 32.2. The highest BCUT2D eigenvalue weighted by Gasteiger charge is 2.11. The summed E-state index contributed by atoms with van der Waals surface area (Å²) in [6, 6.07) is 0. The van der Waals surface area contributed by atoms with Crippen LogP contribution in [-0.2, 0) is 4.79 Å². The molecule has 0 aromatic rings. The third-order valence-corrected chi connectivity index (χ3v) is 2.26. The molecule has 0 saturated carbocycles. The van der Waals surface area contributed by atoms with Gasteiger partial charge < -0.3 is 5.11 Å². The molecule has 0 aromatic heterocycles. The molecule has 0 saturated heterocycles. The summed E-state index contributed by atoms with van der Waals surface area (Å²) >= 11 is 0.967. The number of thioether (sulfide) groups is 1. The van der Waals surface area contributed by atoms with Crippen molar-refractivity contribution in [1.29, 1.82) is 0 Å². The molecular weight excluding hydrogens is 174 g/mol. The Balaban J connectivity index is 3.31. The maximum Gasteiger partial charge on any atom is 0.307 e. The van der Waals surface area contributed by atoms with E-state index in [1.165, 1.54) is 6.92 Å². The monoisotopic (exact) mass is 184 g/mol. The molecule has 0 radical (unpaired) electrons. The molecule has 0 fully saturated rings. The van der Waals surface area contributed by atoms with Crippen LogP contribution in [0.3, 0.4) is 0 Å². The number of hydrogen-bond acceptors (Lipinski definition) is 2. The topological polar surface area (TPSA) is 37.3 Å². The first-order chi connectivity index (χ1) is 5.04. The number of hydrogen-bond donors (Lipinski definition) is 1. The maximum atomic E-state index is 11.5. The molecule has 1 unspecified atom stereocenters. The summed E-state index contributed by atoms with van der Waals surface area (Å²) in [6.45, 7) is 1.50. The molecule has 0 spiro atoms. The van der Waals surface area contributed by atoms with Crippen LogP contribution in [-0.4, -0.2) is 29.0 Å². The number of rotatable bonds is 5. The predicted octanol–water partition coefficient (Wildman–Crippen LogP) is 1.71. The lowest BCUT2D eigenvalue weighted by Gasteiger charge is -2.04. The van der Waals surface area contributed by atoms with Crippen LogP contribution in [0.4, 0.5) is 8.78 Å². The molecule has 0 heterocycles. The van der Waals surface area contributed by atoms with E-state index in [0.29, 0.717) is 0 Å². The number of aliphatic carboxylic acids is 1. The Bertz CT molecular complexity index is 130. The van der Waals surface area contributed by atoms with E-state index in [1.807, 2.05) is 0 Å². The summed E-state index contributed by atoms with van der Waals surface area (Å²) in [6.07, 6.45) is -2.35. The zero-order chi connectivity index (χ0) is 8.85. The SMILES string of the molecule is CC(CSCC(F)F)C(=O)O. The van der Waals surface area contributed by atoms with Crippen LogP contribution in [0.2, 0.25) is 0 Å². The van der Waals surface area contributed by atoms with Gasteiger partial charge in [0.2, 0.25) is 6.43 Å². The first-order valence-electron chi connectivity index (χ1n) is 3.12. The molecule has 0 aliphatic carbocycles. The van der Waals surface area contributed by atoms with Crippen LogP contribution in [0.15, 0.2) is 0 Å². The van der Waals surface area contributed by atoms with Crippen molar-refractivity contribution in [1.82, 2.24) is 0 Å². The third kappa shape index (κ3) is 6.09. The van der Waals surface area contributed by atoms with E-state index in [-0.39, 0.29) is 11.5 Å². The molecule has 5 heteroatoms. The molecule has 0 aliphatic heterocycles. The lowest BCUT2D eigenvalue weighted by atomic mass is 10.2. The van der Waals surface area contributed by atoms with Gasteiger partial charge in [-0.1, -0.05) is 6.92 Å². The molecule has 0 rings (SSSR count). The van der Waals surface area contributed by atoms with E-state index >= 15 is 0 Å². The van der Waals surface area contributed by atoms with Gasteiger partial charge in [0.25, 0.3) is 0 Å². The van der Waals surface area contributed by atoms with E-state index in [9.17, 15) is 13.6 Å². The molecule has 11 heavy (non-hydrogen) atoms. The molecule has 2 nitrogen and oxygen atoms in total. The highest BCUT2D eigenvalue weighted by molar-refractivity contribution is 7.99. The maximum absolute atomic E-state index is 11.5. The Labute approximate surface area is 68.0 Å². The average molecular weight is 184 g/mol. The van der Waals surface area contributed by atoms with Gasteiger partial charge in [-0.2, -0.15) is 11.8 Å². The molecule has 0 bridgehead atoms. The van der Waals surface area contributed by atoms with Crippen molar-refractivity contribution in [2.45, 2.75) is 13.3 Å². The Morgan fingerprint density at radius 2 is 2.09 bits per heavy atom. The fourth-order valence-electron chi connectivity index (χ4n) is 0.405. The normalized spacial score (nSPS) is 13.5. The Morgan fingerprint density at radius 3 is 2.45 bits per heavy atom. The van der Waals surface area contributed by atoms with Crippen molar-refractivity contribution in [3.8, 4) is 0 Å². The molecular formula is C6H10F2O2S. The van der Waals surface area contributed by atoms with Crippen LogP contribution >= 0.6 is 11.8 Å². The van der Waals surface area contributed by atoms with Crippen LogP contribution < -0.4 is 0 Å². The van der Waals surface area contributed by atoms with E-state index in [2.05, 4.69) is 0 Å². The van der Waals surface area contributed by atoms with Gasteiger partial charge in [0.15, 0.2) is 0 Å². The van der Waals surface area contributed by atoms with Crippen molar-refractivity contribution < 1.29 is 18.7 Å². The number of alkyl halides is 2. The molecule has 0 aliphatic rings. The van der Waals surface area contributed by atoms with Gasteiger partial charge in [0, 0.05) is 5.75 Å². The van der Waals surface area contributed by atoms with Gasteiger partial charge in [-0.05, 0) is 0 Å². The molecule has 1 N–H and O–H groups in total. The Hall–Kier alpha value is -0.320. The minimum absolute atomic E-state index is 0.250. The smallest absolute Gasteiger partial charge is 0.307 e. The van der Waals surface area contributed by atoms with Crippen LogP contribution in [0.25, 0.3) is 0 Å². The van der Waals surface area contributed by atoms with Gasteiger partial charge in [-0.15, -0.1) is 0 Å². The minimum atomic E-state index is -2.35. The minimum Gasteiger partial charge on any atom is -0.481 e. The summed E-state index contributed by atoms with van der Waals surface area (Å²) < 4.78 is 23.0. The zero-order valence-corrected chi connectivity index (χ0v) is 6.91. The zero-order valence-electron chi connectivity index (χ0n) is 6.09. The summed E-state index contributed by atoms with van der Waals surface area (Å²) in [5, 5.41) is 8.35. The van der Waals surface area contributed by atoms with Crippen LogP contribution in [0, 0.1) is 5.92 Å². The number of carbonyl (C=O) groups is 1.